The van der Waals surface area contributed by atoms with Crippen LogP contribution < -0.4 is 10.2 Å². The zero-order valence-electron chi connectivity index (χ0n) is 9.98. The van der Waals surface area contributed by atoms with Crippen LogP contribution in [0, 0.1) is 0 Å². The third-order valence-corrected chi connectivity index (χ3v) is 3.54. The van der Waals surface area contributed by atoms with Crippen LogP contribution in [0.2, 0.25) is 0 Å². The smallest absolute Gasteiger partial charge is 0.228 e. The third-order valence-electron chi connectivity index (χ3n) is 3.54. The van der Waals surface area contributed by atoms with Crippen LogP contribution in [0.3, 0.4) is 0 Å². The first-order valence-corrected chi connectivity index (χ1v) is 6.46. The Labute approximate surface area is 102 Å². The maximum atomic E-state index is 12.1. The number of anilines is 1. The highest BCUT2D eigenvalue weighted by atomic mass is 16.2. The summed E-state index contributed by atoms with van der Waals surface area (Å²) >= 11 is 0. The van der Waals surface area contributed by atoms with Gasteiger partial charge in [0.05, 0.1) is 0 Å². The lowest BCUT2D eigenvalue weighted by Gasteiger charge is -2.17. The Morgan fingerprint density at radius 2 is 2.18 bits per heavy atom. The van der Waals surface area contributed by atoms with Crippen LogP contribution in [0.15, 0.2) is 24.3 Å². The highest BCUT2D eigenvalue weighted by Crippen LogP contribution is 2.27. The maximum absolute atomic E-state index is 12.1. The SMILES string of the molecule is O=C(CCNC1CC1)N1CCc2ccccc21. The molecule has 1 fully saturated rings. The number of amides is 1. The second-order valence-electron chi connectivity index (χ2n) is 4.90. The molecule has 1 saturated carbocycles. The average molecular weight is 230 g/mol. The fourth-order valence-corrected chi connectivity index (χ4v) is 2.40. The monoisotopic (exact) mass is 230 g/mol. The normalized spacial score (nSPS) is 18.2. The predicted octanol–water partition coefficient (Wildman–Crippen LogP) is 1.72. The Kier molecular flexibility index (Phi) is 2.85. The van der Waals surface area contributed by atoms with Crippen LogP contribution in [0.25, 0.3) is 0 Å². The molecule has 90 valence electrons. The summed E-state index contributed by atoms with van der Waals surface area (Å²) in [7, 11) is 0. The lowest BCUT2D eigenvalue weighted by Crippen LogP contribution is -2.32. The molecule has 1 aliphatic heterocycles. The van der Waals surface area contributed by atoms with E-state index in [1.807, 2.05) is 17.0 Å². The Bertz CT molecular complexity index is 426. The Morgan fingerprint density at radius 3 is 3.00 bits per heavy atom. The van der Waals surface area contributed by atoms with Crippen molar-refractivity contribution in [2.75, 3.05) is 18.0 Å². The molecule has 3 heteroatoms. The van der Waals surface area contributed by atoms with Gasteiger partial charge in [-0.25, -0.2) is 0 Å². The molecule has 0 bridgehead atoms. The Morgan fingerprint density at radius 1 is 1.35 bits per heavy atom. The Hall–Kier alpha value is -1.35. The summed E-state index contributed by atoms with van der Waals surface area (Å²) in [5, 5.41) is 3.39. The molecule has 2 aliphatic rings. The van der Waals surface area contributed by atoms with Gasteiger partial charge in [0.25, 0.3) is 0 Å². The Balaban J connectivity index is 1.58. The molecule has 1 heterocycles. The van der Waals surface area contributed by atoms with Crippen molar-refractivity contribution in [1.82, 2.24) is 5.32 Å². The van der Waals surface area contributed by atoms with Crippen LogP contribution in [0.5, 0.6) is 0 Å². The number of hydrogen-bond donors (Lipinski definition) is 1. The molecule has 1 N–H and O–H groups in total. The maximum Gasteiger partial charge on any atom is 0.228 e. The van der Waals surface area contributed by atoms with E-state index in [1.165, 1.54) is 18.4 Å². The summed E-state index contributed by atoms with van der Waals surface area (Å²) in [5.41, 5.74) is 2.42. The molecule has 1 aromatic carbocycles. The molecule has 0 aromatic heterocycles. The van der Waals surface area contributed by atoms with E-state index in [9.17, 15) is 4.79 Å². The summed E-state index contributed by atoms with van der Waals surface area (Å²) < 4.78 is 0. The summed E-state index contributed by atoms with van der Waals surface area (Å²) in [4.78, 5) is 14.0. The number of para-hydroxylation sites is 1. The zero-order valence-corrected chi connectivity index (χ0v) is 9.98. The van der Waals surface area contributed by atoms with Gasteiger partial charge in [-0.15, -0.1) is 0 Å². The van der Waals surface area contributed by atoms with Gasteiger partial charge in [0.1, 0.15) is 0 Å². The summed E-state index contributed by atoms with van der Waals surface area (Å²) in [6, 6.07) is 8.90. The molecule has 17 heavy (non-hydrogen) atoms. The second-order valence-corrected chi connectivity index (χ2v) is 4.90. The van der Waals surface area contributed by atoms with Gasteiger partial charge in [0.2, 0.25) is 5.91 Å². The highest BCUT2D eigenvalue weighted by Gasteiger charge is 2.25. The molecule has 3 rings (SSSR count). The first-order chi connectivity index (χ1) is 8.34. The van der Waals surface area contributed by atoms with Crippen LogP contribution in [-0.4, -0.2) is 25.0 Å². The molecular weight excluding hydrogens is 212 g/mol. The number of nitrogens with zero attached hydrogens (tertiary/aromatic N) is 1. The standard InChI is InChI=1S/C14H18N2O/c17-14(7-9-15-12-5-6-12)16-10-8-11-3-1-2-4-13(11)16/h1-4,12,15H,5-10H2. The van der Waals surface area contributed by atoms with Gasteiger partial charge < -0.3 is 10.2 Å². The van der Waals surface area contributed by atoms with Gasteiger partial charge in [0, 0.05) is 31.2 Å². The fraction of sp³-hybridized carbons (Fsp3) is 0.500. The van der Waals surface area contributed by atoms with E-state index in [0.29, 0.717) is 12.5 Å². The van der Waals surface area contributed by atoms with Gasteiger partial charge in [-0.05, 0) is 30.9 Å². The predicted molar refractivity (Wildman–Crippen MR) is 68.1 cm³/mol. The highest BCUT2D eigenvalue weighted by molar-refractivity contribution is 5.95. The van der Waals surface area contributed by atoms with Gasteiger partial charge in [-0.1, -0.05) is 18.2 Å². The quantitative estimate of drug-likeness (QED) is 0.854. The van der Waals surface area contributed by atoms with E-state index in [-0.39, 0.29) is 5.91 Å². The lowest BCUT2D eigenvalue weighted by molar-refractivity contribution is -0.118. The van der Waals surface area contributed by atoms with Crippen LogP contribution in [0.1, 0.15) is 24.8 Å². The number of hydrogen-bond acceptors (Lipinski definition) is 2. The first kappa shape index (κ1) is 10.8. The number of benzene rings is 1. The van der Waals surface area contributed by atoms with Crippen molar-refractivity contribution < 1.29 is 4.79 Å². The van der Waals surface area contributed by atoms with Crippen LogP contribution in [0.4, 0.5) is 5.69 Å². The summed E-state index contributed by atoms with van der Waals surface area (Å²) in [6.07, 6.45) is 4.17. The van der Waals surface area contributed by atoms with Crippen molar-refractivity contribution in [3.8, 4) is 0 Å². The summed E-state index contributed by atoms with van der Waals surface area (Å²) in [5.74, 6) is 0.253. The topological polar surface area (TPSA) is 32.3 Å². The minimum atomic E-state index is 0.253. The van der Waals surface area contributed by atoms with Crippen molar-refractivity contribution in [1.29, 1.82) is 0 Å². The summed E-state index contributed by atoms with van der Waals surface area (Å²) in [6.45, 7) is 1.67. The molecule has 0 radical (unpaired) electrons. The van der Waals surface area contributed by atoms with E-state index >= 15 is 0 Å². The fourth-order valence-electron chi connectivity index (χ4n) is 2.40. The number of carbonyl (C=O) groups is 1. The van der Waals surface area contributed by atoms with Crippen LogP contribution >= 0.6 is 0 Å². The van der Waals surface area contributed by atoms with Gasteiger partial charge in [0.15, 0.2) is 0 Å². The molecule has 3 nitrogen and oxygen atoms in total. The second kappa shape index (κ2) is 4.49. The minimum Gasteiger partial charge on any atom is -0.313 e. The van der Waals surface area contributed by atoms with Crippen molar-refractivity contribution in [3.05, 3.63) is 29.8 Å². The first-order valence-electron chi connectivity index (χ1n) is 6.46. The number of rotatable bonds is 4. The molecule has 1 aliphatic carbocycles. The van der Waals surface area contributed by atoms with Crippen molar-refractivity contribution in [3.63, 3.8) is 0 Å². The van der Waals surface area contributed by atoms with Gasteiger partial charge in [-0.3, -0.25) is 4.79 Å². The molecule has 0 saturated heterocycles. The van der Waals surface area contributed by atoms with E-state index in [0.717, 1.165) is 25.2 Å². The average Bonchev–Trinajstić information content (AvgIpc) is 3.07. The molecule has 0 unspecified atom stereocenters. The largest absolute Gasteiger partial charge is 0.313 e. The molecule has 1 amide bonds. The van der Waals surface area contributed by atoms with Crippen molar-refractivity contribution in [2.24, 2.45) is 0 Å². The van der Waals surface area contributed by atoms with E-state index < -0.39 is 0 Å². The van der Waals surface area contributed by atoms with E-state index in [4.69, 9.17) is 0 Å². The lowest BCUT2D eigenvalue weighted by atomic mass is 10.2. The molecule has 1 aromatic rings. The third kappa shape index (κ3) is 2.34. The van der Waals surface area contributed by atoms with Crippen molar-refractivity contribution >= 4 is 11.6 Å². The van der Waals surface area contributed by atoms with E-state index in [2.05, 4.69) is 17.4 Å². The number of nitrogens with one attached hydrogen (secondary N) is 1. The number of fused-ring (bicyclic) bond motifs is 1. The zero-order chi connectivity index (χ0) is 11.7. The van der Waals surface area contributed by atoms with Gasteiger partial charge >= 0.3 is 0 Å². The minimum absolute atomic E-state index is 0.253. The molecular formula is C14H18N2O. The van der Waals surface area contributed by atoms with Gasteiger partial charge in [-0.2, -0.15) is 0 Å². The molecule has 0 spiro atoms. The number of carbonyl (C=O) groups excluding carboxylic acids is 1. The van der Waals surface area contributed by atoms with Crippen molar-refractivity contribution in [2.45, 2.75) is 31.7 Å². The molecule has 0 atom stereocenters. The van der Waals surface area contributed by atoms with E-state index in [1.54, 1.807) is 0 Å². The van der Waals surface area contributed by atoms with Crippen LogP contribution in [-0.2, 0) is 11.2 Å².